The van der Waals surface area contributed by atoms with Crippen LogP contribution < -0.4 is 15.2 Å². The molecule has 0 radical (unpaired) electrons. The van der Waals surface area contributed by atoms with E-state index in [1.807, 2.05) is 0 Å². The number of aromatic nitrogens is 2. The Morgan fingerprint density at radius 1 is 1.03 bits per heavy atom. The van der Waals surface area contributed by atoms with Crippen molar-refractivity contribution < 1.29 is 18.0 Å². The van der Waals surface area contributed by atoms with E-state index >= 15 is 0 Å². The Balaban J connectivity index is 1.54. The van der Waals surface area contributed by atoms with Gasteiger partial charge in [0.25, 0.3) is 5.91 Å². The minimum absolute atomic E-state index is 0.0591. The molecule has 0 aliphatic rings. The zero-order chi connectivity index (χ0) is 24.5. The molecular formula is C24H14BrN4O5S-. The first-order valence-electron chi connectivity index (χ1n) is 10.1. The average molecular weight is 550 g/mol. The number of hydrogen-bond donors (Lipinski definition) is 1. The van der Waals surface area contributed by atoms with Crippen LogP contribution >= 0.6 is 15.9 Å². The van der Waals surface area contributed by atoms with Crippen molar-refractivity contribution in [3.8, 4) is 0 Å². The van der Waals surface area contributed by atoms with E-state index in [0.717, 1.165) is 4.31 Å². The Kier molecular flexibility index (Phi) is 6.12. The molecule has 0 bridgehead atoms. The van der Waals surface area contributed by atoms with Crippen molar-refractivity contribution in [1.82, 2.24) is 9.97 Å². The van der Waals surface area contributed by atoms with E-state index in [2.05, 4.69) is 31.2 Å². The van der Waals surface area contributed by atoms with Crippen LogP contribution in [-0.4, -0.2) is 24.6 Å². The summed E-state index contributed by atoms with van der Waals surface area (Å²) in [5.41, 5.74) is 0.960. The highest BCUT2D eigenvalue weighted by Gasteiger charge is 2.18. The molecule has 0 saturated heterocycles. The van der Waals surface area contributed by atoms with Gasteiger partial charge in [-0.3, -0.25) is 18.3 Å². The highest BCUT2D eigenvalue weighted by atomic mass is 79.9. The van der Waals surface area contributed by atoms with E-state index in [1.54, 1.807) is 48.7 Å². The van der Waals surface area contributed by atoms with Gasteiger partial charge in [-0.25, -0.2) is 9.78 Å². The number of amides is 1. The van der Waals surface area contributed by atoms with Crippen molar-refractivity contribution in [3.63, 3.8) is 0 Å². The zero-order valence-electron chi connectivity index (χ0n) is 17.7. The van der Waals surface area contributed by atoms with E-state index in [1.165, 1.54) is 30.5 Å². The van der Waals surface area contributed by atoms with Crippen LogP contribution in [0.5, 0.6) is 0 Å². The van der Waals surface area contributed by atoms with Gasteiger partial charge in [-0.2, -0.15) is 0 Å². The third kappa shape index (κ3) is 4.56. The molecule has 9 nitrogen and oxygen atoms in total. The number of hydrogen-bond acceptors (Lipinski definition) is 7. The number of anilines is 3. The van der Waals surface area contributed by atoms with E-state index in [0.29, 0.717) is 32.1 Å². The van der Waals surface area contributed by atoms with E-state index in [9.17, 15) is 18.4 Å². The number of carbonyl (C=O) groups is 1. The highest BCUT2D eigenvalue weighted by Crippen LogP contribution is 2.35. The van der Waals surface area contributed by atoms with Crippen LogP contribution in [0.3, 0.4) is 0 Å². The van der Waals surface area contributed by atoms with Gasteiger partial charge in [-0.05, 0) is 42.5 Å². The first-order valence-corrected chi connectivity index (χ1v) is 12.0. The fourth-order valence-electron chi connectivity index (χ4n) is 3.65. The van der Waals surface area contributed by atoms with Gasteiger partial charge in [-0.1, -0.05) is 28.1 Å². The molecule has 3 heterocycles. The average Bonchev–Trinajstić information content (AvgIpc) is 2.83. The van der Waals surface area contributed by atoms with Crippen LogP contribution in [0.15, 0.2) is 92.8 Å². The van der Waals surface area contributed by atoms with Crippen LogP contribution in [0.25, 0.3) is 21.9 Å². The quantitative estimate of drug-likeness (QED) is 0.249. The lowest BCUT2D eigenvalue weighted by Gasteiger charge is -2.27. The molecule has 11 heteroatoms. The van der Waals surface area contributed by atoms with Crippen molar-refractivity contribution in [2.75, 3.05) is 9.62 Å². The fourth-order valence-corrected chi connectivity index (χ4v) is 4.65. The summed E-state index contributed by atoms with van der Waals surface area (Å²) in [5.74, 6) is -0.474. The van der Waals surface area contributed by atoms with Crippen LogP contribution in [0.4, 0.5) is 17.2 Å². The molecule has 3 aromatic heterocycles. The van der Waals surface area contributed by atoms with Crippen molar-refractivity contribution in [1.29, 1.82) is 0 Å². The molecule has 1 amide bonds. The maximum Gasteiger partial charge on any atom is 0.336 e. The number of rotatable bonds is 5. The summed E-state index contributed by atoms with van der Waals surface area (Å²) < 4.78 is 31.5. The second kappa shape index (κ2) is 9.37. The number of pyridine rings is 2. The van der Waals surface area contributed by atoms with Gasteiger partial charge in [0.2, 0.25) is 0 Å². The summed E-state index contributed by atoms with van der Waals surface area (Å²) in [7, 11) is 0. The number of fused-ring (bicyclic) bond motifs is 2. The summed E-state index contributed by atoms with van der Waals surface area (Å²) >= 11 is 0.657. The molecule has 0 spiro atoms. The third-order valence-corrected chi connectivity index (χ3v) is 6.27. The molecule has 5 rings (SSSR count). The number of para-hydroxylation sites is 1. The number of benzene rings is 2. The third-order valence-electron chi connectivity index (χ3n) is 5.13. The second-order valence-electron chi connectivity index (χ2n) is 7.34. The second-order valence-corrected chi connectivity index (χ2v) is 9.06. The monoisotopic (exact) mass is 549 g/mol. The van der Waals surface area contributed by atoms with Crippen LogP contribution in [-0.2, 0) is 11.3 Å². The molecule has 0 aliphatic carbocycles. The first-order chi connectivity index (χ1) is 16.9. The van der Waals surface area contributed by atoms with Crippen LogP contribution in [0, 0.1) is 0 Å². The Labute approximate surface area is 209 Å². The summed E-state index contributed by atoms with van der Waals surface area (Å²) in [5, 5.41) is 3.91. The van der Waals surface area contributed by atoms with Gasteiger partial charge in [0, 0.05) is 45.5 Å². The van der Waals surface area contributed by atoms with E-state index in [-0.39, 0.29) is 17.0 Å². The number of nitrogens with one attached hydrogen (secondary N) is 1. The number of nitrogens with zero attached hydrogens (tertiary/aromatic N) is 3. The molecule has 174 valence electrons. The lowest BCUT2D eigenvalue weighted by atomic mass is 10.1. The summed E-state index contributed by atoms with van der Waals surface area (Å²) in [6, 6.07) is 17.6. The Hall–Kier alpha value is -3.93. The Bertz CT molecular complexity index is 1690. The van der Waals surface area contributed by atoms with Gasteiger partial charge in [-0.15, -0.1) is 0 Å². The zero-order valence-corrected chi connectivity index (χ0v) is 20.1. The fraction of sp³-hybridized carbons (Fsp3) is 0. The first kappa shape index (κ1) is 22.8. The van der Waals surface area contributed by atoms with Crippen LogP contribution in [0.1, 0.15) is 10.4 Å². The van der Waals surface area contributed by atoms with Gasteiger partial charge in [0.1, 0.15) is 5.82 Å². The predicted octanol–water partition coefficient (Wildman–Crippen LogP) is 4.68. The van der Waals surface area contributed by atoms with Gasteiger partial charge in [0.05, 0.1) is 28.0 Å². The molecule has 2 aromatic carbocycles. The minimum Gasteiger partial charge on any atom is -0.755 e. The van der Waals surface area contributed by atoms with Crippen LogP contribution in [0.2, 0.25) is 0 Å². The SMILES string of the molecule is O=C(Nc1ccnc(N(c2cc(Br)cc3ncccc23)S(=O)[O-])c1)c1cccc2ccc(=O)oc12. The Morgan fingerprint density at radius 2 is 1.89 bits per heavy atom. The van der Waals surface area contributed by atoms with Crippen molar-refractivity contribution in [3.05, 3.63) is 99.6 Å². The largest absolute Gasteiger partial charge is 0.755 e. The summed E-state index contributed by atoms with van der Waals surface area (Å²) in [6.45, 7) is 0. The number of halogens is 1. The maximum absolute atomic E-state index is 13.0. The smallest absolute Gasteiger partial charge is 0.336 e. The summed E-state index contributed by atoms with van der Waals surface area (Å²) in [6.07, 6.45) is 2.99. The topological polar surface area (TPSA) is 128 Å². The normalized spacial score (nSPS) is 11.9. The van der Waals surface area contributed by atoms with Crippen molar-refractivity contribution >= 4 is 72.2 Å². The van der Waals surface area contributed by atoms with Gasteiger partial charge >= 0.3 is 5.63 Å². The molecule has 1 atom stereocenters. The minimum atomic E-state index is -2.74. The molecule has 0 saturated carbocycles. The van der Waals surface area contributed by atoms with Crippen molar-refractivity contribution in [2.24, 2.45) is 0 Å². The molecule has 1 N–H and O–H groups in total. The Morgan fingerprint density at radius 3 is 2.71 bits per heavy atom. The molecular weight excluding hydrogens is 536 g/mol. The standard InChI is InChI=1S/C24H15BrN4O5S/c25-15-11-19-17(5-2-9-26-19)20(12-15)29(35(32)33)21-13-16(8-10-27-21)28-24(31)18-4-1-3-14-6-7-22(30)34-23(14)18/h1-13H,(H,32,33)(H,27,28,31)/p-1. The highest BCUT2D eigenvalue weighted by molar-refractivity contribution is 9.10. The van der Waals surface area contributed by atoms with Gasteiger partial charge in [0.15, 0.2) is 5.58 Å². The molecule has 0 aliphatic heterocycles. The summed E-state index contributed by atoms with van der Waals surface area (Å²) in [4.78, 5) is 33.2. The molecule has 5 aromatic rings. The maximum atomic E-state index is 13.0. The predicted molar refractivity (Wildman–Crippen MR) is 135 cm³/mol. The lowest BCUT2D eigenvalue weighted by molar-refractivity contribution is 0.102. The van der Waals surface area contributed by atoms with E-state index in [4.69, 9.17) is 4.42 Å². The number of carbonyl (C=O) groups excluding carboxylic acids is 1. The van der Waals surface area contributed by atoms with E-state index < -0.39 is 22.8 Å². The molecule has 1 unspecified atom stereocenters. The molecule has 35 heavy (non-hydrogen) atoms. The lowest BCUT2D eigenvalue weighted by Crippen LogP contribution is -2.21. The molecule has 0 fully saturated rings. The van der Waals surface area contributed by atoms with Crippen molar-refractivity contribution in [2.45, 2.75) is 0 Å². The van der Waals surface area contributed by atoms with Gasteiger partial charge < -0.3 is 14.3 Å².